The van der Waals surface area contributed by atoms with Crippen LogP contribution in [-0.2, 0) is 0 Å². The van der Waals surface area contributed by atoms with E-state index in [0.717, 1.165) is 37.3 Å². The van der Waals surface area contributed by atoms with Crippen molar-refractivity contribution in [3.63, 3.8) is 0 Å². The molecule has 0 bridgehead atoms. The Hall–Kier alpha value is -1.26. The second-order valence-corrected chi connectivity index (χ2v) is 8.55. The van der Waals surface area contributed by atoms with Gasteiger partial charge in [-0.25, -0.2) is 0 Å². The quantitative estimate of drug-likeness (QED) is 0.803. The van der Waals surface area contributed by atoms with Gasteiger partial charge in [-0.15, -0.1) is 0 Å². The number of likely N-dealkylation sites (tertiary alicyclic amines) is 1. The number of methoxy groups -OCH3 is 1. The fourth-order valence-electron chi connectivity index (χ4n) is 5.26. The maximum absolute atomic E-state index is 5.53. The molecule has 2 heterocycles. The van der Waals surface area contributed by atoms with Gasteiger partial charge in [0.1, 0.15) is 5.75 Å². The van der Waals surface area contributed by atoms with Crippen molar-refractivity contribution in [2.75, 3.05) is 64.4 Å². The minimum absolute atomic E-state index is 0.747. The summed E-state index contributed by atoms with van der Waals surface area (Å²) >= 11 is 0. The van der Waals surface area contributed by atoms with Crippen LogP contribution < -0.4 is 9.64 Å². The molecule has 144 valence electrons. The van der Waals surface area contributed by atoms with Crippen LogP contribution in [0.15, 0.2) is 24.3 Å². The van der Waals surface area contributed by atoms with Crippen molar-refractivity contribution in [1.82, 2.24) is 9.80 Å². The van der Waals surface area contributed by atoms with Gasteiger partial charge in [0.2, 0.25) is 0 Å². The molecule has 0 unspecified atom stereocenters. The number of piperidine rings is 1. The van der Waals surface area contributed by atoms with Gasteiger partial charge in [-0.05, 0) is 56.3 Å². The van der Waals surface area contributed by atoms with Crippen molar-refractivity contribution in [2.45, 2.75) is 38.5 Å². The third kappa shape index (κ3) is 4.01. The number of para-hydroxylation sites is 2. The highest BCUT2D eigenvalue weighted by Gasteiger charge is 2.36. The first kappa shape index (κ1) is 18.1. The van der Waals surface area contributed by atoms with Crippen LogP contribution in [0.4, 0.5) is 5.69 Å². The van der Waals surface area contributed by atoms with Crippen LogP contribution >= 0.6 is 0 Å². The Morgan fingerprint density at radius 2 is 1.42 bits per heavy atom. The summed E-state index contributed by atoms with van der Waals surface area (Å²) < 4.78 is 5.53. The van der Waals surface area contributed by atoms with Crippen LogP contribution in [-0.4, -0.2) is 69.3 Å². The molecule has 2 aliphatic heterocycles. The molecule has 0 N–H and O–H groups in total. The summed E-state index contributed by atoms with van der Waals surface area (Å²) in [4.78, 5) is 7.84. The van der Waals surface area contributed by atoms with E-state index < -0.39 is 0 Å². The van der Waals surface area contributed by atoms with E-state index in [1.54, 1.807) is 7.11 Å². The molecule has 3 aliphatic rings. The lowest BCUT2D eigenvalue weighted by Gasteiger charge is -2.41. The van der Waals surface area contributed by atoms with Gasteiger partial charge in [0.25, 0.3) is 0 Å². The fraction of sp³-hybridized carbons (Fsp3) is 0.727. The number of rotatable bonds is 5. The lowest BCUT2D eigenvalue weighted by Crippen LogP contribution is -2.49. The van der Waals surface area contributed by atoms with E-state index >= 15 is 0 Å². The molecule has 3 fully saturated rings. The first-order chi connectivity index (χ1) is 12.8. The van der Waals surface area contributed by atoms with Gasteiger partial charge in [-0.1, -0.05) is 25.0 Å². The lowest BCUT2D eigenvalue weighted by molar-refractivity contribution is 0.0968. The minimum atomic E-state index is 0.747. The van der Waals surface area contributed by atoms with E-state index in [4.69, 9.17) is 4.74 Å². The molecule has 1 aromatic carbocycles. The zero-order valence-corrected chi connectivity index (χ0v) is 16.5. The summed E-state index contributed by atoms with van der Waals surface area (Å²) in [6.07, 6.45) is 8.88. The van der Waals surface area contributed by atoms with E-state index in [0.29, 0.717) is 0 Å². The second kappa shape index (κ2) is 8.18. The zero-order valence-electron chi connectivity index (χ0n) is 16.5. The van der Waals surface area contributed by atoms with E-state index in [2.05, 4.69) is 32.9 Å². The Balaban J connectivity index is 1.20. The number of benzene rings is 1. The van der Waals surface area contributed by atoms with Crippen molar-refractivity contribution in [3.8, 4) is 5.75 Å². The highest BCUT2D eigenvalue weighted by molar-refractivity contribution is 5.58. The van der Waals surface area contributed by atoms with Crippen LogP contribution in [0.3, 0.4) is 0 Å². The zero-order chi connectivity index (χ0) is 17.8. The summed E-state index contributed by atoms with van der Waals surface area (Å²) in [7, 11) is 1.77. The molecule has 4 rings (SSSR count). The molecule has 2 saturated heterocycles. The summed E-state index contributed by atoms with van der Waals surface area (Å²) in [6.45, 7) is 9.68. The number of hydrogen-bond donors (Lipinski definition) is 0. The number of piperazine rings is 1. The fourth-order valence-corrected chi connectivity index (χ4v) is 5.26. The first-order valence-corrected chi connectivity index (χ1v) is 10.6. The molecule has 26 heavy (non-hydrogen) atoms. The number of anilines is 1. The van der Waals surface area contributed by atoms with Crippen molar-refractivity contribution < 1.29 is 4.74 Å². The molecule has 0 amide bonds. The van der Waals surface area contributed by atoms with E-state index in [-0.39, 0.29) is 0 Å². The van der Waals surface area contributed by atoms with Crippen LogP contribution in [0, 0.1) is 5.41 Å². The summed E-state index contributed by atoms with van der Waals surface area (Å²) in [5.41, 5.74) is 1.99. The van der Waals surface area contributed by atoms with Crippen molar-refractivity contribution >= 4 is 5.69 Å². The van der Waals surface area contributed by atoms with Gasteiger partial charge in [0.05, 0.1) is 12.8 Å². The van der Waals surface area contributed by atoms with Crippen molar-refractivity contribution in [2.24, 2.45) is 5.41 Å². The Labute approximate surface area is 159 Å². The lowest BCUT2D eigenvalue weighted by atomic mass is 9.77. The number of nitrogens with zero attached hydrogens (tertiary/aromatic N) is 3. The predicted octanol–water partition coefficient (Wildman–Crippen LogP) is 3.47. The minimum Gasteiger partial charge on any atom is -0.495 e. The van der Waals surface area contributed by atoms with Gasteiger partial charge in [0, 0.05) is 39.3 Å². The average molecular weight is 358 g/mol. The summed E-state index contributed by atoms with van der Waals surface area (Å²) in [6, 6.07) is 8.40. The third-order valence-corrected chi connectivity index (χ3v) is 7.11. The van der Waals surface area contributed by atoms with Crippen LogP contribution in [0.2, 0.25) is 0 Å². The maximum atomic E-state index is 5.53. The van der Waals surface area contributed by atoms with Crippen LogP contribution in [0.5, 0.6) is 5.75 Å². The van der Waals surface area contributed by atoms with Gasteiger partial charge < -0.3 is 14.5 Å². The van der Waals surface area contributed by atoms with Gasteiger partial charge in [-0.3, -0.25) is 4.90 Å². The molecule has 1 aliphatic carbocycles. The standard InChI is InChI=1S/C22H35N3O/c1-26-21-7-3-2-6-20(21)25-18-16-24(17-19-25)15-14-23-12-10-22(11-13-23)8-4-5-9-22/h2-3,6-7H,4-5,8-19H2,1H3. The van der Waals surface area contributed by atoms with Gasteiger partial charge >= 0.3 is 0 Å². The Morgan fingerprint density at radius 3 is 2.08 bits per heavy atom. The maximum Gasteiger partial charge on any atom is 0.142 e. The molecule has 4 heteroatoms. The van der Waals surface area contributed by atoms with E-state index in [1.807, 2.05) is 6.07 Å². The summed E-state index contributed by atoms with van der Waals surface area (Å²) in [5, 5.41) is 0. The molecule has 1 saturated carbocycles. The first-order valence-electron chi connectivity index (χ1n) is 10.6. The average Bonchev–Trinajstić information content (AvgIpc) is 3.16. The van der Waals surface area contributed by atoms with Gasteiger partial charge in [-0.2, -0.15) is 0 Å². The Kier molecular flexibility index (Phi) is 5.70. The molecule has 1 aromatic rings. The van der Waals surface area contributed by atoms with Crippen LogP contribution in [0.1, 0.15) is 38.5 Å². The van der Waals surface area contributed by atoms with Crippen LogP contribution in [0.25, 0.3) is 0 Å². The highest BCUT2D eigenvalue weighted by atomic mass is 16.5. The van der Waals surface area contributed by atoms with Crippen molar-refractivity contribution in [1.29, 1.82) is 0 Å². The SMILES string of the molecule is COc1ccccc1N1CCN(CCN2CCC3(CCCC3)CC2)CC1. The van der Waals surface area contributed by atoms with Crippen molar-refractivity contribution in [3.05, 3.63) is 24.3 Å². The topological polar surface area (TPSA) is 19.0 Å². The van der Waals surface area contributed by atoms with Gasteiger partial charge in [0.15, 0.2) is 0 Å². The Bertz CT molecular complexity index is 567. The molecular weight excluding hydrogens is 322 g/mol. The monoisotopic (exact) mass is 357 g/mol. The Morgan fingerprint density at radius 1 is 0.808 bits per heavy atom. The highest BCUT2D eigenvalue weighted by Crippen LogP contribution is 2.46. The molecule has 0 radical (unpaired) electrons. The van der Waals surface area contributed by atoms with E-state index in [9.17, 15) is 0 Å². The number of ether oxygens (including phenoxy) is 1. The largest absolute Gasteiger partial charge is 0.495 e. The summed E-state index contributed by atoms with van der Waals surface area (Å²) in [5.74, 6) is 0.995. The molecule has 1 spiro atoms. The predicted molar refractivity (Wildman–Crippen MR) is 108 cm³/mol. The third-order valence-electron chi connectivity index (χ3n) is 7.11. The molecular formula is C22H35N3O. The molecule has 4 nitrogen and oxygen atoms in total. The van der Waals surface area contributed by atoms with E-state index in [1.165, 1.54) is 70.4 Å². The molecule has 0 aromatic heterocycles. The number of hydrogen-bond acceptors (Lipinski definition) is 4. The normalized spacial score (nSPS) is 24.3. The molecule has 0 atom stereocenters. The second-order valence-electron chi connectivity index (χ2n) is 8.55. The smallest absolute Gasteiger partial charge is 0.142 e.